The van der Waals surface area contributed by atoms with Crippen molar-refractivity contribution >= 4 is 26.7 Å². The molecule has 0 aliphatic heterocycles. The van der Waals surface area contributed by atoms with E-state index < -0.39 is 0 Å². The third-order valence-corrected chi connectivity index (χ3v) is 4.67. The van der Waals surface area contributed by atoms with Crippen molar-refractivity contribution in [3.05, 3.63) is 95.5 Å². The highest BCUT2D eigenvalue weighted by molar-refractivity contribution is 9.10. The van der Waals surface area contributed by atoms with Gasteiger partial charge in [-0.05, 0) is 51.2 Å². The lowest BCUT2D eigenvalue weighted by atomic mass is 9.95. The largest absolute Gasteiger partial charge is 0.0622 e. The number of hydrogen-bond acceptors (Lipinski definition) is 0. The van der Waals surface area contributed by atoms with Crippen LogP contribution in [0.2, 0.25) is 0 Å². The second kappa shape index (κ2) is 6.02. The van der Waals surface area contributed by atoms with Crippen LogP contribution < -0.4 is 0 Å². The minimum Gasteiger partial charge on any atom is -0.0622 e. The summed E-state index contributed by atoms with van der Waals surface area (Å²) in [5.74, 6) is 0. The van der Waals surface area contributed by atoms with Crippen LogP contribution in [0.3, 0.4) is 0 Å². The third kappa shape index (κ3) is 2.80. The fourth-order valence-corrected chi connectivity index (χ4v) is 3.23. The van der Waals surface area contributed by atoms with Crippen molar-refractivity contribution in [2.45, 2.75) is 0 Å². The average molecular weight is 359 g/mol. The van der Waals surface area contributed by atoms with Crippen LogP contribution in [-0.4, -0.2) is 0 Å². The van der Waals surface area contributed by atoms with E-state index >= 15 is 0 Å². The zero-order valence-electron chi connectivity index (χ0n) is 12.5. The standard InChI is InChI=1S/C22H15Br/c23-20-13-11-18(12-14-20)21-8-4-7-17-9-10-19(15-22(17)21)16-5-2-1-3-6-16/h1-15H. The van der Waals surface area contributed by atoms with E-state index in [9.17, 15) is 0 Å². The lowest BCUT2D eigenvalue weighted by Gasteiger charge is -2.10. The molecular formula is C22H15Br. The molecule has 0 heterocycles. The van der Waals surface area contributed by atoms with E-state index in [0.717, 1.165) is 4.47 Å². The highest BCUT2D eigenvalue weighted by Crippen LogP contribution is 2.32. The highest BCUT2D eigenvalue weighted by Gasteiger charge is 2.06. The van der Waals surface area contributed by atoms with Crippen molar-refractivity contribution in [1.29, 1.82) is 0 Å². The summed E-state index contributed by atoms with van der Waals surface area (Å²) in [5.41, 5.74) is 5.01. The van der Waals surface area contributed by atoms with Crippen LogP contribution in [0.1, 0.15) is 0 Å². The van der Waals surface area contributed by atoms with Crippen LogP contribution in [0.25, 0.3) is 33.0 Å². The molecule has 4 aromatic rings. The van der Waals surface area contributed by atoms with Gasteiger partial charge in [-0.25, -0.2) is 0 Å². The highest BCUT2D eigenvalue weighted by atomic mass is 79.9. The molecule has 0 saturated carbocycles. The van der Waals surface area contributed by atoms with E-state index in [0.29, 0.717) is 0 Å². The number of rotatable bonds is 2. The molecule has 110 valence electrons. The minimum atomic E-state index is 1.10. The predicted octanol–water partition coefficient (Wildman–Crippen LogP) is 6.94. The maximum atomic E-state index is 3.51. The SMILES string of the molecule is Brc1ccc(-c2cccc3ccc(-c4ccccc4)cc23)cc1. The quantitative estimate of drug-likeness (QED) is 0.364. The van der Waals surface area contributed by atoms with E-state index in [4.69, 9.17) is 0 Å². The Morgan fingerprint density at radius 2 is 1.26 bits per heavy atom. The van der Waals surface area contributed by atoms with Gasteiger partial charge in [-0.2, -0.15) is 0 Å². The van der Waals surface area contributed by atoms with Gasteiger partial charge in [0, 0.05) is 4.47 Å². The monoisotopic (exact) mass is 358 g/mol. The molecule has 0 nitrogen and oxygen atoms in total. The van der Waals surface area contributed by atoms with Gasteiger partial charge in [0.15, 0.2) is 0 Å². The Morgan fingerprint density at radius 3 is 2.04 bits per heavy atom. The molecule has 0 aromatic heterocycles. The van der Waals surface area contributed by atoms with Gasteiger partial charge >= 0.3 is 0 Å². The summed E-state index contributed by atoms with van der Waals surface area (Å²) in [6.45, 7) is 0. The van der Waals surface area contributed by atoms with Crippen LogP contribution >= 0.6 is 15.9 Å². The van der Waals surface area contributed by atoms with Crippen LogP contribution in [-0.2, 0) is 0 Å². The van der Waals surface area contributed by atoms with E-state index in [2.05, 4.69) is 107 Å². The van der Waals surface area contributed by atoms with E-state index in [1.54, 1.807) is 0 Å². The Kier molecular flexibility index (Phi) is 3.72. The maximum absolute atomic E-state index is 3.51. The molecule has 4 aromatic carbocycles. The molecule has 1 heteroatoms. The van der Waals surface area contributed by atoms with Crippen molar-refractivity contribution in [3.63, 3.8) is 0 Å². The van der Waals surface area contributed by atoms with E-state index in [-0.39, 0.29) is 0 Å². The first-order valence-electron chi connectivity index (χ1n) is 7.65. The van der Waals surface area contributed by atoms with Gasteiger partial charge in [0.25, 0.3) is 0 Å². The Morgan fingerprint density at radius 1 is 0.522 bits per heavy atom. The molecule has 0 spiro atoms. The minimum absolute atomic E-state index is 1.10. The van der Waals surface area contributed by atoms with Crippen molar-refractivity contribution in [3.8, 4) is 22.3 Å². The molecule has 0 unspecified atom stereocenters. The summed E-state index contributed by atoms with van der Waals surface area (Å²) >= 11 is 3.51. The van der Waals surface area contributed by atoms with E-state index in [1.807, 2.05) is 0 Å². The zero-order valence-corrected chi connectivity index (χ0v) is 14.1. The van der Waals surface area contributed by atoms with Crippen molar-refractivity contribution in [2.75, 3.05) is 0 Å². The number of halogens is 1. The Balaban J connectivity index is 1.93. The molecule has 0 N–H and O–H groups in total. The Bertz CT molecular complexity index is 954. The zero-order chi connectivity index (χ0) is 15.6. The van der Waals surface area contributed by atoms with Crippen molar-refractivity contribution in [2.24, 2.45) is 0 Å². The average Bonchev–Trinajstić information content (AvgIpc) is 2.62. The van der Waals surface area contributed by atoms with Crippen molar-refractivity contribution in [1.82, 2.24) is 0 Å². The molecule has 0 radical (unpaired) electrons. The summed E-state index contributed by atoms with van der Waals surface area (Å²) in [6.07, 6.45) is 0. The van der Waals surface area contributed by atoms with Crippen LogP contribution in [0.4, 0.5) is 0 Å². The summed E-state index contributed by atoms with van der Waals surface area (Å²) in [4.78, 5) is 0. The van der Waals surface area contributed by atoms with Crippen molar-refractivity contribution < 1.29 is 0 Å². The lowest BCUT2D eigenvalue weighted by Crippen LogP contribution is -1.83. The number of hydrogen-bond donors (Lipinski definition) is 0. The van der Waals surface area contributed by atoms with Gasteiger partial charge in [-0.3, -0.25) is 0 Å². The third-order valence-electron chi connectivity index (χ3n) is 4.14. The van der Waals surface area contributed by atoms with Gasteiger partial charge < -0.3 is 0 Å². The first kappa shape index (κ1) is 14.2. The van der Waals surface area contributed by atoms with Crippen LogP contribution in [0, 0.1) is 0 Å². The van der Waals surface area contributed by atoms with Gasteiger partial charge in [-0.1, -0.05) is 88.7 Å². The second-order valence-corrected chi connectivity index (χ2v) is 6.53. The summed E-state index contributed by atoms with van der Waals surface area (Å²) in [6, 6.07) is 32.2. The molecule has 0 bridgehead atoms. The second-order valence-electron chi connectivity index (χ2n) is 5.61. The number of fused-ring (bicyclic) bond motifs is 1. The normalized spacial score (nSPS) is 10.8. The maximum Gasteiger partial charge on any atom is 0.0175 e. The molecule has 0 aliphatic carbocycles. The molecule has 4 rings (SSSR count). The molecule has 0 aliphatic rings. The molecule has 23 heavy (non-hydrogen) atoms. The lowest BCUT2D eigenvalue weighted by molar-refractivity contribution is 1.61. The summed E-state index contributed by atoms with van der Waals surface area (Å²) in [5, 5.41) is 2.56. The van der Waals surface area contributed by atoms with Gasteiger partial charge in [0.05, 0.1) is 0 Å². The molecular weight excluding hydrogens is 344 g/mol. The Labute approximate surface area is 144 Å². The molecule has 0 atom stereocenters. The fourth-order valence-electron chi connectivity index (χ4n) is 2.96. The predicted molar refractivity (Wildman–Crippen MR) is 103 cm³/mol. The molecule has 0 amide bonds. The first-order valence-corrected chi connectivity index (χ1v) is 8.45. The summed E-state index contributed by atoms with van der Waals surface area (Å²) < 4.78 is 1.10. The van der Waals surface area contributed by atoms with Gasteiger partial charge in [0.2, 0.25) is 0 Å². The molecule has 0 saturated heterocycles. The molecule has 0 fully saturated rings. The number of benzene rings is 4. The van der Waals surface area contributed by atoms with E-state index in [1.165, 1.54) is 33.0 Å². The first-order chi connectivity index (χ1) is 11.3. The summed E-state index contributed by atoms with van der Waals surface area (Å²) in [7, 11) is 0. The van der Waals surface area contributed by atoms with Crippen LogP contribution in [0.15, 0.2) is 95.5 Å². The van der Waals surface area contributed by atoms with Gasteiger partial charge in [0.1, 0.15) is 0 Å². The smallest absolute Gasteiger partial charge is 0.0175 e. The topological polar surface area (TPSA) is 0 Å². The fraction of sp³-hybridized carbons (Fsp3) is 0. The van der Waals surface area contributed by atoms with Gasteiger partial charge in [-0.15, -0.1) is 0 Å². The van der Waals surface area contributed by atoms with Crippen LogP contribution in [0.5, 0.6) is 0 Å². The Hall–Kier alpha value is -2.38.